The van der Waals surface area contributed by atoms with E-state index in [1.54, 1.807) is 42.5 Å². The third-order valence-electron chi connectivity index (χ3n) is 4.31. The second-order valence-corrected chi connectivity index (χ2v) is 8.43. The number of carbonyl (C=O) groups excluding carboxylic acids is 2. The molecule has 9 heteroatoms. The molecule has 0 aliphatic heterocycles. The van der Waals surface area contributed by atoms with Gasteiger partial charge in [-0.3, -0.25) is 15.3 Å². The van der Waals surface area contributed by atoms with Crippen molar-refractivity contribution < 1.29 is 24.6 Å². The van der Waals surface area contributed by atoms with E-state index in [4.69, 9.17) is 9.94 Å². The molecule has 0 unspecified atom stereocenters. The van der Waals surface area contributed by atoms with Gasteiger partial charge < -0.3 is 9.84 Å². The zero-order valence-corrected chi connectivity index (χ0v) is 19.3. The predicted molar refractivity (Wildman–Crippen MR) is 120 cm³/mol. The number of hydrogen-bond donors (Lipinski definition) is 4. The van der Waals surface area contributed by atoms with Gasteiger partial charge in [0.2, 0.25) is 0 Å². The molecule has 0 aliphatic carbocycles. The molecule has 2 atom stereocenters. The number of nitrogens with one attached hydrogen (secondary N) is 2. The molecule has 0 saturated carbocycles. The zero-order valence-electron chi connectivity index (χ0n) is 16.1. The van der Waals surface area contributed by atoms with Crippen molar-refractivity contribution in [2.75, 3.05) is 5.32 Å². The van der Waals surface area contributed by atoms with Crippen LogP contribution in [-0.2, 0) is 9.53 Å². The lowest BCUT2D eigenvalue weighted by atomic mass is 9.92. The van der Waals surface area contributed by atoms with Crippen LogP contribution in [0.5, 0.6) is 5.75 Å². The molecule has 2 rings (SSSR count). The van der Waals surface area contributed by atoms with Gasteiger partial charge in [0.05, 0.1) is 0 Å². The Morgan fingerprint density at radius 1 is 1.13 bits per heavy atom. The van der Waals surface area contributed by atoms with Crippen LogP contribution in [0.4, 0.5) is 10.5 Å². The van der Waals surface area contributed by atoms with E-state index in [1.165, 1.54) is 17.6 Å². The van der Waals surface area contributed by atoms with E-state index >= 15 is 0 Å². The number of amides is 2. The third-order valence-corrected chi connectivity index (χ3v) is 5.33. The van der Waals surface area contributed by atoms with Gasteiger partial charge in [-0.15, -0.1) is 0 Å². The topological polar surface area (TPSA) is 108 Å². The number of ether oxygens (including phenoxy) is 1. The average Bonchev–Trinajstić information content (AvgIpc) is 2.72. The SMILES string of the molecule is C[C@@H](CC/C=C/C(=O)NO)[C@H](OC(=O)Nc1ccc(Br)cc1)c1cc(Br)ccc1O. The number of benzene rings is 2. The Morgan fingerprint density at radius 3 is 2.47 bits per heavy atom. The van der Waals surface area contributed by atoms with Crippen LogP contribution in [0.2, 0.25) is 0 Å². The van der Waals surface area contributed by atoms with Crippen molar-refractivity contribution in [3.05, 3.63) is 69.1 Å². The number of hydrogen-bond acceptors (Lipinski definition) is 5. The van der Waals surface area contributed by atoms with Crippen molar-refractivity contribution in [1.82, 2.24) is 5.48 Å². The van der Waals surface area contributed by atoms with E-state index in [9.17, 15) is 14.7 Å². The molecular weight excluding hydrogens is 520 g/mol. The molecule has 0 heterocycles. The largest absolute Gasteiger partial charge is 0.508 e. The fourth-order valence-electron chi connectivity index (χ4n) is 2.77. The number of allylic oxidation sites excluding steroid dienone is 1. The summed E-state index contributed by atoms with van der Waals surface area (Å²) in [6, 6.07) is 12.0. The minimum Gasteiger partial charge on any atom is -0.508 e. The van der Waals surface area contributed by atoms with Crippen molar-refractivity contribution in [3.8, 4) is 5.75 Å². The molecule has 30 heavy (non-hydrogen) atoms. The maximum atomic E-state index is 12.5. The highest BCUT2D eigenvalue weighted by Crippen LogP contribution is 2.36. The van der Waals surface area contributed by atoms with Crippen molar-refractivity contribution in [2.24, 2.45) is 5.92 Å². The number of phenolic OH excluding ortho intramolecular Hbond substituents is 1. The van der Waals surface area contributed by atoms with Crippen molar-refractivity contribution >= 4 is 49.5 Å². The number of hydroxylamine groups is 1. The smallest absolute Gasteiger partial charge is 0.412 e. The Morgan fingerprint density at radius 2 is 1.80 bits per heavy atom. The number of rotatable bonds is 8. The molecule has 4 N–H and O–H groups in total. The number of aromatic hydroxyl groups is 1. The highest BCUT2D eigenvalue weighted by Gasteiger charge is 2.26. The Labute approximate surface area is 191 Å². The Hall–Kier alpha value is -2.36. The molecule has 0 radical (unpaired) electrons. The summed E-state index contributed by atoms with van der Waals surface area (Å²) >= 11 is 6.72. The molecule has 0 aliphatic rings. The summed E-state index contributed by atoms with van der Waals surface area (Å²) in [6.45, 7) is 1.89. The van der Waals surface area contributed by atoms with Crippen molar-refractivity contribution in [2.45, 2.75) is 25.9 Å². The Kier molecular flexibility index (Phi) is 9.35. The van der Waals surface area contributed by atoms with E-state index in [0.29, 0.717) is 24.1 Å². The van der Waals surface area contributed by atoms with E-state index in [-0.39, 0.29) is 11.7 Å². The summed E-state index contributed by atoms with van der Waals surface area (Å²) in [5, 5.41) is 21.5. The number of anilines is 1. The van der Waals surface area contributed by atoms with Gasteiger partial charge in [0.15, 0.2) is 0 Å². The van der Waals surface area contributed by atoms with E-state index in [2.05, 4.69) is 37.2 Å². The second-order valence-electron chi connectivity index (χ2n) is 6.59. The fourth-order valence-corrected chi connectivity index (χ4v) is 3.42. The minimum atomic E-state index is -0.724. The first kappa shape index (κ1) is 23.9. The van der Waals surface area contributed by atoms with E-state index < -0.39 is 18.1 Å². The lowest BCUT2D eigenvalue weighted by Crippen LogP contribution is -2.22. The van der Waals surface area contributed by atoms with E-state index in [0.717, 1.165) is 8.95 Å². The second kappa shape index (κ2) is 11.7. The summed E-state index contributed by atoms with van der Waals surface area (Å²) in [5.41, 5.74) is 2.57. The first-order valence-electron chi connectivity index (χ1n) is 9.12. The van der Waals surface area contributed by atoms with Crippen LogP contribution in [-0.4, -0.2) is 22.3 Å². The summed E-state index contributed by atoms with van der Waals surface area (Å²) < 4.78 is 7.31. The summed E-state index contributed by atoms with van der Waals surface area (Å²) in [4.78, 5) is 23.6. The molecule has 2 amide bonds. The quantitative estimate of drug-likeness (QED) is 0.195. The van der Waals surface area contributed by atoms with Crippen LogP contribution in [0.3, 0.4) is 0 Å². The lowest BCUT2D eigenvalue weighted by Gasteiger charge is -2.25. The standard InChI is InChI=1S/C21H22Br2N2O5/c1-13(4-2-3-5-19(27)25-29)20(17-12-15(23)8-11-18(17)26)30-21(28)24-16-9-6-14(22)7-10-16/h3,5-13,20,26,29H,2,4H2,1H3,(H,24,28)(H,25,27)/b5-3+/t13-,20-/m0/s1. The van der Waals surface area contributed by atoms with Gasteiger partial charge in [0.25, 0.3) is 5.91 Å². The average molecular weight is 542 g/mol. The number of halogens is 2. The molecule has 0 bridgehead atoms. The first-order valence-corrected chi connectivity index (χ1v) is 10.7. The van der Waals surface area contributed by atoms with Gasteiger partial charge >= 0.3 is 6.09 Å². The van der Waals surface area contributed by atoms with Gasteiger partial charge in [0.1, 0.15) is 11.9 Å². The monoisotopic (exact) mass is 540 g/mol. The highest BCUT2D eigenvalue weighted by atomic mass is 79.9. The van der Waals surface area contributed by atoms with Gasteiger partial charge in [-0.25, -0.2) is 10.3 Å². The molecule has 0 spiro atoms. The van der Waals surface area contributed by atoms with Gasteiger partial charge in [-0.1, -0.05) is 44.9 Å². The Bertz CT molecular complexity index is 903. The first-order chi connectivity index (χ1) is 14.3. The van der Waals surface area contributed by atoms with Gasteiger partial charge in [0, 0.05) is 26.3 Å². The van der Waals surface area contributed by atoms with Crippen LogP contribution < -0.4 is 10.8 Å². The highest BCUT2D eigenvalue weighted by molar-refractivity contribution is 9.10. The van der Waals surface area contributed by atoms with Gasteiger partial charge in [-0.05, 0) is 61.2 Å². The Balaban J connectivity index is 2.15. The normalized spacial score (nSPS) is 12.9. The maximum absolute atomic E-state index is 12.5. The number of phenols is 1. The van der Waals surface area contributed by atoms with Crippen LogP contribution in [0.15, 0.2) is 63.6 Å². The van der Waals surface area contributed by atoms with Gasteiger partial charge in [-0.2, -0.15) is 0 Å². The molecule has 0 aromatic heterocycles. The van der Waals surface area contributed by atoms with Crippen molar-refractivity contribution in [3.63, 3.8) is 0 Å². The predicted octanol–water partition coefficient (Wildman–Crippen LogP) is 5.68. The summed E-state index contributed by atoms with van der Waals surface area (Å²) in [7, 11) is 0. The molecule has 2 aromatic rings. The van der Waals surface area contributed by atoms with E-state index in [1.807, 2.05) is 6.92 Å². The molecular formula is C21H22Br2N2O5. The fraction of sp³-hybridized carbons (Fsp3) is 0.238. The zero-order chi connectivity index (χ0) is 22.1. The van der Waals surface area contributed by atoms with Crippen molar-refractivity contribution in [1.29, 1.82) is 0 Å². The minimum absolute atomic E-state index is 0.0155. The lowest BCUT2D eigenvalue weighted by molar-refractivity contribution is -0.124. The molecule has 2 aromatic carbocycles. The summed E-state index contributed by atoms with van der Waals surface area (Å²) in [6.07, 6.45) is 2.54. The molecule has 160 valence electrons. The molecule has 0 fully saturated rings. The molecule has 7 nitrogen and oxygen atoms in total. The summed E-state index contributed by atoms with van der Waals surface area (Å²) in [5.74, 6) is -0.779. The maximum Gasteiger partial charge on any atom is 0.412 e. The van der Waals surface area contributed by atoms with Crippen LogP contribution in [0.25, 0.3) is 0 Å². The third kappa shape index (κ3) is 7.47. The van der Waals surface area contributed by atoms with Crippen LogP contribution in [0, 0.1) is 5.92 Å². The number of carbonyl (C=O) groups is 2. The van der Waals surface area contributed by atoms with Crippen LogP contribution >= 0.6 is 31.9 Å². The molecule has 0 saturated heterocycles. The van der Waals surface area contributed by atoms with Crippen LogP contribution in [0.1, 0.15) is 31.4 Å².